The second-order valence-electron chi connectivity index (χ2n) is 8.52. The Hall–Kier alpha value is -2.83. The van der Waals surface area contributed by atoms with Crippen LogP contribution in [0.2, 0.25) is 0 Å². The van der Waals surface area contributed by atoms with Crippen molar-refractivity contribution in [3.63, 3.8) is 0 Å². The lowest BCUT2D eigenvalue weighted by molar-refractivity contribution is -0.112. The normalized spacial score (nSPS) is 17.2. The molecule has 2 aromatic carbocycles. The quantitative estimate of drug-likeness (QED) is 0.433. The van der Waals surface area contributed by atoms with E-state index in [-0.39, 0.29) is 5.91 Å². The Labute approximate surface area is 203 Å². The van der Waals surface area contributed by atoms with Gasteiger partial charge in [-0.15, -0.1) is 0 Å². The van der Waals surface area contributed by atoms with E-state index >= 15 is 0 Å². The van der Waals surface area contributed by atoms with Crippen molar-refractivity contribution in [2.75, 3.05) is 42.6 Å². The van der Waals surface area contributed by atoms with Crippen molar-refractivity contribution < 1.29 is 9.53 Å². The van der Waals surface area contributed by atoms with Crippen molar-refractivity contribution in [3.8, 4) is 5.69 Å². The Bertz CT molecular complexity index is 1250. The van der Waals surface area contributed by atoms with Gasteiger partial charge < -0.3 is 19.1 Å². The van der Waals surface area contributed by atoms with E-state index in [0.717, 1.165) is 70.2 Å². The van der Waals surface area contributed by atoms with Crippen molar-refractivity contribution in [3.05, 3.63) is 75.5 Å². The molecule has 5 nitrogen and oxygen atoms in total. The van der Waals surface area contributed by atoms with E-state index in [0.29, 0.717) is 6.54 Å². The van der Waals surface area contributed by atoms with Crippen LogP contribution in [0.3, 0.4) is 0 Å². The number of ether oxygens (including phenoxy) is 1. The summed E-state index contributed by atoms with van der Waals surface area (Å²) in [7, 11) is 0. The van der Waals surface area contributed by atoms with Gasteiger partial charge in [0.25, 0.3) is 5.91 Å². The van der Waals surface area contributed by atoms with Crippen molar-refractivity contribution in [1.82, 2.24) is 4.57 Å². The number of aryl methyl sites for hydroxylation is 1. The van der Waals surface area contributed by atoms with Crippen LogP contribution in [-0.2, 0) is 9.53 Å². The van der Waals surface area contributed by atoms with Crippen molar-refractivity contribution in [2.45, 2.75) is 20.8 Å². The van der Waals surface area contributed by atoms with Crippen LogP contribution < -0.4 is 9.80 Å². The number of fused-ring (bicyclic) bond motifs is 1. The third kappa shape index (κ3) is 3.81. The second kappa shape index (κ2) is 8.84. The molecule has 0 saturated carbocycles. The van der Waals surface area contributed by atoms with Crippen LogP contribution in [0, 0.1) is 13.8 Å². The third-order valence-electron chi connectivity index (χ3n) is 6.59. The van der Waals surface area contributed by atoms with Crippen LogP contribution in [0.15, 0.2) is 53.0 Å². The summed E-state index contributed by atoms with van der Waals surface area (Å²) in [5, 5.41) is 0. The number of carbonyl (C=O) groups is 1. The van der Waals surface area contributed by atoms with Crippen LogP contribution in [0.1, 0.15) is 29.4 Å². The highest BCUT2D eigenvalue weighted by Crippen LogP contribution is 2.38. The summed E-state index contributed by atoms with van der Waals surface area (Å²) in [6, 6.07) is 16.7. The minimum atomic E-state index is 0.0705. The van der Waals surface area contributed by atoms with E-state index in [9.17, 15) is 4.79 Å². The number of carbonyl (C=O) groups excluding carboxylic acids is 1. The molecule has 1 fully saturated rings. The average molecular weight is 506 g/mol. The largest absolute Gasteiger partial charge is 0.378 e. The lowest BCUT2D eigenvalue weighted by Crippen LogP contribution is -2.36. The zero-order valence-electron chi connectivity index (χ0n) is 19.3. The van der Waals surface area contributed by atoms with E-state index < -0.39 is 0 Å². The molecule has 2 aliphatic heterocycles. The first-order valence-corrected chi connectivity index (χ1v) is 12.2. The highest BCUT2D eigenvalue weighted by Gasteiger charge is 2.31. The molecule has 1 saturated heterocycles. The van der Waals surface area contributed by atoms with Crippen LogP contribution in [0.5, 0.6) is 0 Å². The highest BCUT2D eigenvalue weighted by molar-refractivity contribution is 9.10. The van der Waals surface area contributed by atoms with Gasteiger partial charge in [-0.1, -0.05) is 18.2 Å². The van der Waals surface area contributed by atoms with E-state index in [1.807, 2.05) is 42.2 Å². The summed E-state index contributed by atoms with van der Waals surface area (Å²) >= 11 is 3.79. The maximum Gasteiger partial charge on any atom is 0.258 e. The smallest absolute Gasteiger partial charge is 0.258 e. The Morgan fingerprint density at radius 1 is 1.03 bits per heavy atom. The number of benzene rings is 2. The van der Waals surface area contributed by atoms with Crippen LogP contribution in [0.4, 0.5) is 11.4 Å². The van der Waals surface area contributed by atoms with Gasteiger partial charge in [-0.05, 0) is 78.7 Å². The van der Waals surface area contributed by atoms with E-state index in [4.69, 9.17) is 4.74 Å². The maximum atomic E-state index is 13.1. The Morgan fingerprint density at radius 3 is 2.52 bits per heavy atom. The molecular weight excluding hydrogens is 478 g/mol. The third-order valence-corrected chi connectivity index (χ3v) is 7.22. The topological polar surface area (TPSA) is 37.7 Å². The number of nitrogens with zero attached hydrogens (tertiary/aromatic N) is 3. The first kappa shape index (κ1) is 22.0. The lowest BCUT2D eigenvalue weighted by atomic mass is 10.0. The minimum Gasteiger partial charge on any atom is -0.378 e. The monoisotopic (exact) mass is 505 g/mol. The predicted molar refractivity (Wildman–Crippen MR) is 138 cm³/mol. The molecule has 0 bridgehead atoms. The minimum absolute atomic E-state index is 0.0705. The van der Waals surface area contributed by atoms with Gasteiger partial charge in [-0.2, -0.15) is 0 Å². The maximum absolute atomic E-state index is 13.1. The van der Waals surface area contributed by atoms with Crippen LogP contribution in [-0.4, -0.2) is 43.3 Å². The average Bonchev–Trinajstić information content (AvgIpc) is 3.26. The molecule has 1 amide bonds. The van der Waals surface area contributed by atoms with Gasteiger partial charge in [-0.3, -0.25) is 4.79 Å². The fourth-order valence-corrected chi connectivity index (χ4v) is 5.56. The summed E-state index contributed by atoms with van der Waals surface area (Å²) in [4.78, 5) is 17.3. The Kier molecular flexibility index (Phi) is 5.89. The molecule has 0 unspecified atom stereocenters. The molecule has 3 heterocycles. The van der Waals surface area contributed by atoms with Gasteiger partial charge in [0.2, 0.25) is 0 Å². The Balaban J connectivity index is 1.52. The molecule has 3 aromatic rings. The molecule has 0 atom stereocenters. The number of morpholine rings is 1. The molecule has 2 aliphatic rings. The predicted octanol–water partition coefficient (Wildman–Crippen LogP) is 5.60. The van der Waals surface area contributed by atoms with Crippen LogP contribution in [0.25, 0.3) is 17.3 Å². The number of hydrogen-bond acceptors (Lipinski definition) is 3. The number of likely N-dealkylation sites (N-methyl/N-ethyl adjacent to an activating group) is 1. The SMILES string of the molecule is CCN1C(=O)/C(=C/c2cc(C)n(-c3ccc(N4CCOCC4)c(Br)c3)c2C)c2ccccc21. The van der Waals surface area contributed by atoms with Gasteiger partial charge in [0.05, 0.1) is 24.6 Å². The van der Waals surface area contributed by atoms with Gasteiger partial charge in [-0.25, -0.2) is 0 Å². The van der Waals surface area contributed by atoms with E-state index in [2.05, 4.69) is 63.5 Å². The summed E-state index contributed by atoms with van der Waals surface area (Å²) in [5.41, 5.74) is 8.38. The number of halogens is 1. The second-order valence-corrected chi connectivity index (χ2v) is 9.38. The summed E-state index contributed by atoms with van der Waals surface area (Å²) < 4.78 is 8.82. The summed E-state index contributed by atoms with van der Waals surface area (Å²) in [5.74, 6) is 0.0705. The summed E-state index contributed by atoms with van der Waals surface area (Å²) in [6.07, 6.45) is 2.05. The standard InChI is InChI=1S/C27H28BrN3O2/c1-4-30-25-8-6-5-7-22(25)23(27(30)32)16-20-15-18(2)31(19(20)3)21-9-10-26(24(28)17-21)29-11-13-33-14-12-29/h5-10,15-17H,4,11-14H2,1-3H3/b23-16+. The molecule has 6 heteroatoms. The molecule has 0 aliphatic carbocycles. The van der Waals surface area contributed by atoms with E-state index in [1.165, 1.54) is 5.69 Å². The molecule has 170 valence electrons. The van der Waals surface area contributed by atoms with Gasteiger partial charge in [0.15, 0.2) is 0 Å². The zero-order valence-corrected chi connectivity index (χ0v) is 20.9. The fourth-order valence-electron chi connectivity index (χ4n) is 4.94. The number of rotatable bonds is 4. The molecular formula is C27H28BrN3O2. The first-order chi connectivity index (χ1) is 16.0. The van der Waals surface area contributed by atoms with Gasteiger partial charge in [0.1, 0.15) is 0 Å². The molecule has 5 rings (SSSR count). The fraction of sp³-hybridized carbons (Fsp3) is 0.296. The lowest BCUT2D eigenvalue weighted by Gasteiger charge is -2.30. The number of hydrogen-bond donors (Lipinski definition) is 0. The molecule has 33 heavy (non-hydrogen) atoms. The van der Waals surface area contributed by atoms with Gasteiger partial charge in [0, 0.05) is 52.3 Å². The first-order valence-electron chi connectivity index (χ1n) is 11.4. The zero-order chi connectivity index (χ0) is 23.1. The van der Waals surface area contributed by atoms with Crippen molar-refractivity contribution >= 4 is 44.9 Å². The molecule has 0 radical (unpaired) electrons. The number of anilines is 2. The Morgan fingerprint density at radius 2 is 1.79 bits per heavy atom. The number of amides is 1. The molecule has 0 spiro atoms. The van der Waals surface area contributed by atoms with Gasteiger partial charge >= 0.3 is 0 Å². The summed E-state index contributed by atoms with van der Waals surface area (Å²) in [6.45, 7) is 10.2. The number of aromatic nitrogens is 1. The molecule has 0 N–H and O–H groups in total. The van der Waals surface area contributed by atoms with Crippen LogP contribution >= 0.6 is 15.9 Å². The van der Waals surface area contributed by atoms with E-state index in [1.54, 1.807) is 0 Å². The van der Waals surface area contributed by atoms with Crippen molar-refractivity contribution in [1.29, 1.82) is 0 Å². The van der Waals surface area contributed by atoms with Crippen molar-refractivity contribution in [2.24, 2.45) is 0 Å². The highest BCUT2D eigenvalue weighted by atomic mass is 79.9. The molecule has 1 aromatic heterocycles. The number of para-hydroxylation sites is 1.